The van der Waals surface area contributed by atoms with E-state index < -0.39 is 10.9 Å². The summed E-state index contributed by atoms with van der Waals surface area (Å²) in [6.45, 7) is 0.335. The van der Waals surface area contributed by atoms with Crippen molar-refractivity contribution in [3.05, 3.63) is 39.4 Å². The van der Waals surface area contributed by atoms with E-state index in [2.05, 4.69) is 5.32 Å². The van der Waals surface area contributed by atoms with Crippen molar-refractivity contribution in [2.45, 2.75) is 25.4 Å². The summed E-state index contributed by atoms with van der Waals surface area (Å²) in [4.78, 5) is 21.1. The zero-order chi connectivity index (χ0) is 12.4. The van der Waals surface area contributed by atoms with Crippen molar-refractivity contribution in [1.82, 2.24) is 5.32 Å². The van der Waals surface area contributed by atoms with Crippen LogP contribution in [0, 0.1) is 10.1 Å². The van der Waals surface area contributed by atoms with Crippen LogP contribution in [0.5, 0.6) is 0 Å². The highest BCUT2D eigenvalue weighted by Gasteiger charge is 2.22. The van der Waals surface area contributed by atoms with Gasteiger partial charge in [0.2, 0.25) is 0 Å². The first kappa shape index (κ1) is 11.5. The Labute approximate surface area is 97.4 Å². The zero-order valence-electron chi connectivity index (χ0n) is 9.05. The molecule has 0 radical (unpaired) electrons. The molecule has 6 nitrogen and oxygen atoms in total. The number of nitro groups is 1. The molecule has 0 spiro atoms. The highest BCUT2D eigenvalue weighted by Crippen LogP contribution is 2.23. The summed E-state index contributed by atoms with van der Waals surface area (Å²) in [5, 5.41) is 22.8. The van der Waals surface area contributed by atoms with Gasteiger partial charge in [-0.15, -0.1) is 0 Å². The Hall–Kier alpha value is -1.95. The Morgan fingerprint density at radius 1 is 1.53 bits per heavy atom. The highest BCUT2D eigenvalue weighted by molar-refractivity contribution is 5.88. The quantitative estimate of drug-likeness (QED) is 0.597. The largest absolute Gasteiger partial charge is 0.478 e. The van der Waals surface area contributed by atoms with Gasteiger partial charge in [-0.3, -0.25) is 10.1 Å². The Morgan fingerprint density at radius 2 is 2.24 bits per heavy atom. The van der Waals surface area contributed by atoms with Gasteiger partial charge in [-0.1, -0.05) is 0 Å². The van der Waals surface area contributed by atoms with Crippen LogP contribution in [0.2, 0.25) is 0 Å². The van der Waals surface area contributed by atoms with Gasteiger partial charge in [0.1, 0.15) is 0 Å². The van der Waals surface area contributed by atoms with E-state index in [4.69, 9.17) is 5.11 Å². The van der Waals surface area contributed by atoms with Gasteiger partial charge in [0.05, 0.1) is 10.5 Å². The summed E-state index contributed by atoms with van der Waals surface area (Å²) < 4.78 is 0. The highest BCUT2D eigenvalue weighted by atomic mass is 16.6. The fraction of sp³-hybridized carbons (Fsp3) is 0.364. The molecule has 0 aliphatic heterocycles. The smallest absolute Gasteiger partial charge is 0.335 e. The summed E-state index contributed by atoms with van der Waals surface area (Å²) >= 11 is 0. The average molecular weight is 236 g/mol. The van der Waals surface area contributed by atoms with Crippen LogP contribution in [0.1, 0.15) is 28.8 Å². The number of rotatable bonds is 5. The van der Waals surface area contributed by atoms with E-state index in [-0.39, 0.29) is 11.3 Å². The normalized spacial score (nSPS) is 14.6. The van der Waals surface area contributed by atoms with Crippen LogP contribution < -0.4 is 5.32 Å². The van der Waals surface area contributed by atoms with Crippen molar-refractivity contribution >= 4 is 11.7 Å². The van der Waals surface area contributed by atoms with E-state index in [0.29, 0.717) is 18.2 Å². The third-order valence-corrected chi connectivity index (χ3v) is 2.68. The van der Waals surface area contributed by atoms with Gasteiger partial charge in [-0.25, -0.2) is 4.79 Å². The molecular weight excluding hydrogens is 224 g/mol. The number of aromatic carboxylic acids is 1. The van der Waals surface area contributed by atoms with Crippen molar-refractivity contribution in [2.24, 2.45) is 0 Å². The summed E-state index contributed by atoms with van der Waals surface area (Å²) in [6, 6.07) is 4.27. The maximum absolute atomic E-state index is 10.8. The minimum atomic E-state index is -1.08. The van der Waals surface area contributed by atoms with Crippen molar-refractivity contribution in [3.63, 3.8) is 0 Å². The van der Waals surface area contributed by atoms with E-state index in [0.717, 1.165) is 12.8 Å². The van der Waals surface area contributed by atoms with E-state index in [1.165, 1.54) is 18.2 Å². The van der Waals surface area contributed by atoms with Crippen molar-refractivity contribution in [1.29, 1.82) is 0 Å². The third kappa shape index (κ3) is 2.79. The van der Waals surface area contributed by atoms with E-state index in [9.17, 15) is 14.9 Å². The van der Waals surface area contributed by atoms with Gasteiger partial charge in [-0.05, 0) is 25.0 Å². The standard InChI is InChI=1S/C11H12N2O4/c14-11(15)7-1-4-10(13(16)17)8(5-7)6-12-9-2-3-9/h1,4-5,9,12H,2-3,6H2,(H,14,15). The first-order valence-corrected chi connectivity index (χ1v) is 5.32. The molecule has 0 bridgehead atoms. The van der Waals surface area contributed by atoms with Crippen molar-refractivity contribution in [3.8, 4) is 0 Å². The summed E-state index contributed by atoms with van der Waals surface area (Å²) in [7, 11) is 0. The number of nitro benzene ring substituents is 1. The molecule has 2 rings (SSSR count). The predicted molar refractivity (Wildman–Crippen MR) is 59.9 cm³/mol. The predicted octanol–water partition coefficient (Wildman–Crippen LogP) is 1.54. The number of nitrogens with one attached hydrogen (secondary N) is 1. The average Bonchev–Trinajstić information content (AvgIpc) is 3.09. The minimum Gasteiger partial charge on any atom is -0.478 e. The monoisotopic (exact) mass is 236 g/mol. The van der Waals surface area contributed by atoms with Gasteiger partial charge in [0, 0.05) is 24.2 Å². The fourth-order valence-electron chi connectivity index (χ4n) is 1.58. The van der Waals surface area contributed by atoms with Crippen LogP contribution in [0.15, 0.2) is 18.2 Å². The van der Waals surface area contributed by atoms with Crippen LogP contribution in [-0.4, -0.2) is 22.0 Å². The number of carbonyl (C=O) groups is 1. The van der Waals surface area contributed by atoms with Gasteiger partial charge in [-0.2, -0.15) is 0 Å². The molecule has 0 unspecified atom stereocenters. The Balaban J connectivity index is 2.24. The molecule has 1 saturated carbocycles. The number of hydrogen-bond donors (Lipinski definition) is 2. The SMILES string of the molecule is O=C(O)c1ccc([N+](=O)[O-])c(CNC2CC2)c1. The van der Waals surface area contributed by atoms with Crippen molar-refractivity contribution in [2.75, 3.05) is 0 Å². The van der Waals surface area contributed by atoms with Crippen LogP contribution in [0.25, 0.3) is 0 Å². The maximum Gasteiger partial charge on any atom is 0.335 e. The lowest BCUT2D eigenvalue weighted by Crippen LogP contribution is -2.16. The molecule has 1 aromatic rings. The zero-order valence-corrected chi connectivity index (χ0v) is 9.05. The van der Waals surface area contributed by atoms with Gasteiger partial charge in [0.15, 0.2) is 0 Å². The van der Waals surface area contributed by atoms with Crippen LogP contribution in [-0.2, 0) is 6.54 Å². The molecule has 1 fully saturated rings. The first-order valence-electron chi connectivity index (χ1n) is 5.32. The van der Waals surface area contributed by atoms with Crippen LogP contribution >= 0.6 is 0 Å². The second kappa shape index (κ2) is 4.50. The summed E-state index contributed by atoms with van der Waals surface area (Å²) in [5.41, 5.74) is 0.452. The van der Waals surface area contributed by atoms with Crippen LogP contribution in [0.4, 0.5) is 5.69 Å². The lowest BCUT2D eigenvalue weighted by molar-refractivity contribution is -0.385. The molecule has 0 heterocycles. The molecular formula is C11H12N2O4. The van der Waals surface area contributed by atoms with E-state index in [1.807, 2.05) is 0 Å². The molecule has 0 amide bonds. The fourth-order valence-corrected chi connectivity index (χ4v) is 1.58. The number of nitrogens with zero attached hydrogens (tertiary/aromatic N) is 1. The Kier molecular flexibility index (Phi) is 3.06. The molecule has 90 valence electrons. The Morgan fingerprint density at radius 3 is 2.76 bits per heavy atom. The number of carboxylic acids is 1. The van der Waals surface area contributed by atoms with Gasteiger partial charge >= 0.3 is 5.97 Å². The lowest BCUT2D eigenvalue weighted by Gasteiger charge is -2.05. The first-order chi connectivity index (χ1) is 8.08. The Bertz CT molecular complexity index is 469. The molecule has 1 aliphatic rings. The number of carboxylic acid groups (broad SMARTS) is 1. The molecule has 17 heavy (non-hydrogen) atoms. The summed E-state index contributed by atoms with van der Waals surface area (Å²) in [5.74, 6) is -1.08. The molecule has 1 aromatic carbocycles. The summed E-state index contributed by atoms with van der Waals surface area (Å²) in [6.07, 6.45) is 2.15. The molecule has 0 atom stereocenters. The number of hydrogen-bond acceptors (Lipinski definition) is 4. The lowest BCUT2D eigenvalue weighted by atomic mass is 10.1. The number of benzene rings is 1. The molecule has 0 aromatic heterocycles. The molecule has 6 heteroatoms. The van der Waals surface area contributed by atoms with E-state index >= 15 is 0 Å². The van der Waals surface area contributed by atoms with Gasteiger partial charge < -0.3 is 10.4 Å². The second-order valence-corrected chi connectivity index (χ2v) is 4.06. The second-order valence-electron chi connectivity index (χ2n) is 4.06. The molecule has 1 aliphatic carbocycles. The molecule has 2 N–H and O–H groups in total. The van der Waals surface area contributed by atoms with Crippen molar-refractivity contribution < 1.29 is 14.8 Å². The molecule has 0 saturated heterocycles. The van der Waals surface area contributed by atoms with Crippen LogP contribution in [0.3, 0.4) is 0 Å². The minimum absolute atomic E-state index is 0.0387. The van der Waals surface area contributed by atoms with Gasteiger partial charge in [0.25, 0.3) is 5.69 Å². The maximum atomic E-state index is 10.8. The van der Waals surface area contributed by atoms with E-state index in [1.54, 1.807) is 0 Å². The topological polar surface area (TPSA) is 92.5 Å². The third-order valence-electron chi connectivity index (χ3n) is 2.68.